The normalized spacial score (nSPS) is 36.5. The average molecular weight is 266 g/mol. The van der Waals surface area contributed by atoms with Crippen LogP contribution in [0.4, 0.5) is 0 Å². The first-order valence-corrected chi connectivity index (χ1v) is 8.20. The highest BCUT2D eigenvalue weighted by atomic mass is 16.1. The van der Waals surface area contributed by atoms with E-state index in [0.29, 0.717) is 30.3 Å². The van der Waals surface area contributed by atoms with Crippen LogP contribution in [0.2, 0.25) is 0 Å². The van der Waals surface area contributed by atoms with Crippen molar-refractivity contribution in [2.75, 3.05) is 0 Å². The fraction of sp³-hybridized carbons (Fsp3) is 0.938. The van der Waals surface area contributed by atoms with Gasteiger partial charge in [0.15, 0.2) is 0 Å². The summed E-state index contributed by atoms with van der Waals surface area (Å²) in [7, 11) is 0. The SMILES string of the molecule is CC1CCCCCC1NC(=O)CC1CCCC(N)C1. The first-order chi connectivity index (χ1) is 9.15. The van der Waals surface area contributed by atoms with Gasteiger partial charge in [-0.2, -0.15) is 0 Å². The number of amides is 1. The van der Waals surface area contributed by atoms with Gasteiger partial charge in [-0.1, -0.05) is 32.6 Å². The van der Waals surface area contributed by atoms with Gasteiger partial charge in [-0.15, -0.1) is 0 Å². The number of carbonyl (C=O) groups excluding carboxylic acids is 1. The molecule has 0 radical (unpaired) electrons. The van der Waals surface area contributed by atoms with E-state index in [4.69, 9.17) is 5.73 Å². The second-order valence-corrected chi connectivity index (χ2v) is 6.79. The summed E-state index contributed by atoms with van der Waals surface area (Å²) in [6, 6.07) is 0.732. The minimum Gasteiger partial charge on any atom is -0.353 e. The van der Waals surface area contributed by atoms with Crippen LogP contribution < -0.4 is 11.1 Å². The molecule has 4 atom stereocenters. The molecular weight excluding hydrogens is 236 g/mol. The molecule has 2 aliphatic rings. The van der Waals surface area contributed by atoms with E-state index >= 15 is 0 Å². The van der Waals surface area contributed by atoms with Gasteiger partial charge in [-0.05, 0) is 43.9 Å². The molecule has 0 aromatic rings. The molecular formula is C16H30N2O. The van der Waals surface area contributed by atoms with Crippen LogP contribution in [0.1, 0.15) is 71.1 Å². The van der Waals surface area contributed by atoms with Gasteiger partial charge in [-0.25, -0.2) is 0 Å². The smallest absolute Gasteiger partial charge is 0.220 e. The number of rotatable bonds is 3. The highest BCUT2D eigenvalue weighted by molar-refractivity contribution is 5.76. The molecule has 2 rings (SSSR count). The molecule has 2 fully saturated rings. The van der Waals surface area contributed by atoms with Gasteiger partial charge in [0.05, 0.1) is 0 Å². The zero-order chi connectivity index (χ0) is 13.7. The van der Waals surface area contributed by atoms with Gasteiger partial charge in [-0.3, -0.25) is 4.79 Å². The molecule has 3 N–H and O–H groups in total. The van der Waals surface area contributed by atoms with Gasteiger partial charge < -0.3 is 11.1 Å². The Morgan fingerprint density at radius 1 is 1.11 bits per heavy atom. The van der Waals surface area contributed by atoms with Crippen LogP contribution in [0, 0.1) is 11.8 Å². The van der Waals surface area contributed by atoms with Gasteiger partial charge in [0, 0.05) is 18.5 Å². The second kappa shape index (κ2) is 7.28. The third-order valence-corrected chi connectivity index (χ3v) is 5.01. The van der Waals surface area contributed by atoms with Crippen LogP contribution in [0.15, 0.2) is 0 Å². The lowest BCUT2D eigenvalue weighted by Crippen LogP contribution is -2.40. The van der Waals surface area contributed by atoms with E-state index in [1.165, 1.54) is 38.5 Å². The molecule has 0 spiro atoms. The first kappa shape index (κ1) is 14.8. The largest absolute Gasteiger partial charge is 0.353 e. The van der Waals surface area contributed by atoms with Gasteiger partial charge >= 0.3 is 0 Å². The van der Waals surface area contributed by atoms with E-state index in [2.05, 4.69) is 12.2 Å². The minimum atomic E-state index is 0.262. The summed E-state index contributed by atoms with van der Waals surface area (Å²) in [5.41, 5.74) is 6.00. The summed E-state index contributed by atoms with van der Waals surface area (Å²) in [5, 5.41) is 3.29. The zero-order valence-corrected chi connectivity index (χ0v) is 12.4. The zero-order valence-electron chi connectivity index (χ0n) is 12.4. The van der Waals surface area contributed by atoms with Gasteiger partial charge in [0.2, 0.25) is 5.91 Å². The summed E-state index contributed by atoms with van der Waals surface area (Å²) in [6.45, 7) is 2.28. The molecule has 0 aliphatic heterocycles. The lowest BCUT2D eigenvalue weighted by Gasteiger charge is -2.28. The fourth-order valence-corrected chi connectivity index (χ4v) is 3.75. The maximum absolute atomic E-state index is 12.2. The number of carbonyl (C=O) groups is 1. The number of hydrogen-bond acceptors (Lipinski definition) is 2. The van der Waals surface area contributed by atoms with E-state index in [1.54, 1.807) is 0 Å². The molecule has 4 unspecified atom stereocenters. The summed E-state index contributed by atoms with van der Waals surface area (Å²) in [5.74, 6) is 1.42. The molecule has 0 heterocycles. The van der Waals surface area contributed by atoms with Crippen molar-refractivity contribution in [3.63, 3.8) is 0 Å². The molecule has 0 aromatic heterocycles. The number of nitrogens with one attached hydrogen (secondary N) is 1. The first-order valence-electron chi connectivity index (χ1n) is 8.20. The van der Waals surface area contributed by atoms with Crippen molar-refractivity contribution >= 4 is 5.91 Å². The molecule has 2 aliphatic carbocycles. The maximum atomic E-state index is 12.2. The Labute approximate surface area is 117 Å². The Balaban J connectivity index is 1.76. The van der Waals surface area contributed by atoms with Crippen LogP contribution in [-0.4, -0.2) is 18.0 Å². The summed E-state index contributed by atoms with van der Waals surface area (Å²) < 4.78 is 0. The van der Waals surface area contributed by atoms with Crippen LogP contribution in [-0.2, 0) is 4.79 Å². The van der Waals surface area contributed by atoms with Gasteiger partial charge in [0.25, 0.3) is 0 Å². The molecule has 19 heavy (non-hydrogen) atoms. The van der Waals surface area contributed by atoms with E-state index in [-0.39, 0.29) is 5.91 Å². The van der Waals surface area contributed by atoms with Crippen molar-refractivity contribution in [2.45, 2.75) is 83.2 Å². The van der Waals surface area contributed by atoms with E-state index in [9.17, 15) is 4.79 Å². The summed E-state index contributed by atoms with van der Waals surface area (Å²) >= 11 is 0. The summed E-state index contributed by atoms with van der Waals surface area (Å²) in [4.78, 5) is 12.2. The van der Waals surface area contributed by atoms with Crippen LogP contribution in [0.25, 0.3) is 0 Å². The Morgan fingerprint density at radius 2 is 1.89 bits per heavy atom. The maximum Gasteiger partial charge on any atom is 0.220 e. The molecule has 0 saturated heterocycles. The van der Waals surface area contributed by atoms with Crippen LogP contribution in [0.3, 0.4) is 0 Å². The quantitative estimate of drug-likeness (QED) is 0.772. The number of hydrogen-bond donors (Lipinski definition) is 2. The van der Waals surface area contributed by atoms with Crippen LogP contribution in [0.5, 0.6) is 0 Å². The lowest BCUT2D eigenvalue weighted by molar-refractivity contribution is -0.123. The Kier molecular flexibility index (Phi) is 5.68. The van der Waals surface area contributed by atoms with Crippen LogP contribution >= 0.6 is 0 Å². The Hall–Kier alpha value is -0.570. The van der Waals surface area contributed by atoms with E-state index < -0.39 is 0 Å². The van der Waals surface area contributed by atoms with Crippen molar-refractivity contribution < 1.29 is 4.79 Å². The fourth-order valence-electron chi connectivity index (χ4n) is 3.75. The summed E-state index contributed by atoms with van der Waals surface area (Å²) in [6.07, 6.45) is 11.6. The van der Waals surface area contributed by atoms with E-state index in [1.807, 2.05) is 0 Å². The number of nitrogens with two attached hydrogens (primary N) is 1. The van der Waals surface area contributed by atoms with Crippen molar-refractivity contribution in [1.29, 1.82) is 0 Å². The Bertz CT molecular complexity index is 292. The lowest BCUT2D eigenvalue weighted by atomic mass is 9.84. The average Bonchev–Trinajstić information content (AvgIpc) is 2.55. The highest BCUT2D eigenvalue weighted by Crippen LogP contribution is 2.27. The highest BCUT2D eigenvalue weighted by Gasteiger charge is 2.25. The van der Waals surface area contributed by atoms with Crippen molar-refractivity contribution in [2.24, 2.45) is 17.6 Å². The molecule has 0 aromatic carbocycles. The minimum absolute atomic E-state index is 0.262. The van der Waals surface area contributed by atoms with E-state index in [0.717, 1.165) is 19.3 Å². The van der Waals surface area contributed by atoms with Crippen molar-refractivity contribution in [1.82, 2.24) is 5.32 Å². The van der Waals surface area contributed by atoms with Gasteiger partial charge in [0.1, 0.15) is 0 Å². The molecule has 1 amide bonds. The Morgan fingerprint density at radius 3 is 2.68 bits per heavy atom. The second-order valence-electron chi connectivity index (χ2n) is 6.79. The predicted octanol–water partition coefficient (Wildman–Crippen LogP) is 2.98. The molecule has 3 heteroatoms. The predicted molar refractivity (Wildman–Crippen MR) is 78.7 cm³/mol. The van der Waals surface area contributed by atoms with Crippen molar-refractivity contribution in [3.05, 3.63) is 0 Å². The standard InChI is InChI=1S/C16H30N2O/c1-12-6-3-2-4-9-15(12)18-16(19)11-13-7-5-8-14(17)10-13/h12-15H,2-11,17H2,1H3,(H,18,19). The molecule has 110 valence electrons. The topological polar surface area (TPSA) is 55.1 Å². The monoisotopic (exact) mass is 266 g/mol. The molecule has 3 nitrogen and oxygen atoms in total. The van der Waals surface area contributed by atoms with Crippen molar-refractivity contribution in [3.8, 4) is 0 Å². The third-order valence-electron chi connectivity index (χ3n) is 5.01. The molecule has 2 saturated carbocycles. The molecule has 0 bridgehead atoms. The third kappa shape index (κ3) is 4.79.